The Bertz CT molecular complexity index is 660. The molecule has 0 bridgehead atoms. The summed E-state index contributed by atoms with van der Waals surface area (Å²) >= 11 is 11.7. The van der Waals surface area contributed by atoms with Gasteiger partial charge in [0.05, 0.1) is 11.0 Å². The Morgan fingerprint density at radius 2 is 1.93 bits per heavy atom. The van der Waals surface area contributed by atoms with Crippen LogP contribution in [0.2, 0.25) is 10.2 Å². The van der Waals surface area contributed by atoms with Crippen molar-refractivity contribution in [3.8, 4) is 0 Å². The molecule has 0 aliphatic rings. The van der Waals surface area contributed by atoms with Crippen LogP contribution in [0.15, 0.2) is 30.3 Å². The van der Waals surface area contributed by atoms with Crippen molar-refractivity contribution in [1.29, 1.82) is 0 Å². The fraction of sp³-hybridized carbons (Fsp3) is 0. The average Bonchev–Trinajstić information content (AvgIpc) is 2.54. The van der Waals surface area contributed by atoms with Crippen LogP contribution in [0.3, 0.4) is 0 Å². The van der Waals surface area contributed by atoms with Gasteiger partial charge in [-0.15, -0.1) is 0 Å². The van der Waals surface area contributed by atoms with Crippen molar-refractivity contribution in [2.75, 3.05) is 0 Å². The summed E-state index contributed by atoms with van der Waals surface area (Å²) in [6.45, 7) is 0. The van der Waals surface area contributed by atoms with Crippen molar-refractivity contribution >= 4 is 39.9 Å². The van der Waals surface area contributed by atoms with Gasteiger partial charge >= 0.3 is 0 Å². The van der Waals surface area contributed by atoms with Crippen LogP contribution in [0.4, 0.5) is 0 Å². The Hall–Kier alpha value is -1.32. The van der Waals surface area contributed by atoms with Crippen molar-refractivity contribution in [3.63, 3.8) is 0 Å². The monoisotopic (exact) mass is 237 g/mol. The molecule has 0 radical (unpaired) electrons. The number of hydrogen-bond acceptors (Lipinski definition) is 2. The van der Waals surface area contributed by atoms with Crippen LogP contribution in [0.5, 0.6) is 0 Å². The molecule has 0 unspecified atom stereocenters. The Labute approximate surface area is 95.2 Å². The van der Waals surface area contributed by atoms with Gasteiger partial charge in [-0.2, -0.15) is 5.10 Å². The van der Waals surface area contributed by atoms with Gasteiger partial charge < -0.3 is 0 Å². The van der Waals surface area contributed by atoms with Crippen LogP contribution in [0, 0.1) is 0 Å². The van der Waals surface area contributed by atoms with Crippen LogP contribution in [0.25, 0.3) is 16.7 Å². The zero-order valence-corrected chi connectivity index (χ0v) is 9.00. The standard InChI is InChI=1S/C10H5Cl2N3/c11-6-1-2-8-7(5-6)13-10-4-3-9(12)14-15(8)10/h1-5H. The molecule has 0 aliphatic carbocycles. The molecule has 0 aliphatic heterocycles. The third-order valence-electron chi connectivity index (χ3n) is 2.18. The first kappa shape index (κ1) is 8.95. The highest BCUT2D eigenvalue weighted by molar-refractivity contribution is 6.31. The van der Waals surface area contributed by atoms with E-state index in [9.17, 15) is 0 Å². The molecule has 5 heteroatoms. The molecule has 1 aromatic carbocycles. The molecule has 15 heavy (non-hydrogen) atoms. The molecule has 2 aromatic heterocycles. The van der Waals surface area contributed by atoms with Gasteiger partial charge in [-0.3, -0.25) is 0 Å². The van der Waals surface area contributed by atoms with E-state index in [1.54, 1.807) is 22.7 Å². The highest BCUT2D eigenvalue weighted by Crippen LogP contribution is 2.20. The molecule has 74 valence electrons. The Kier molecular flexibility index (Phi) is 1.84. The van der Waals surface area contributed by atoms with E-state index < -0.39 is 0 Å². The number of benzene rings is 1. The summed E-state index contributed by atoms with van der Waals surface area (Å²) < 4.78 is 1.70. The topological polar surface area (TPSA) is 30.2 Å². The zero-order valence-electron chi connectivity index (χ0n) is 7.48. The fourth-order valence-electron chi connectivity index (χ4n) is 1.54. The molecule has 2 heterocycles. The third-order valence-corrected chi connectivity index (χ3v) is 2.62. The highest BCUT2D eigenvalue weighted by atomic mass is 35.5. The van der Waals surface area contributed by atoms with Gasteiger partial charge in [0.15, 0.2) is 5.65 Å². The maximum absolute atomic E-state index is 5.88. The molecule has 3 rings (SSSR count). The van der Waals surface area contributed by atoms with E-state index in [0.29, 0.717) is 10.2 Å². The lowest BCUT2D eigenvalue weighted by atomic mass is 10.3. The summed E-state index contributed by atoms with van der Waals surface area (Å²) in [5.74, 6) is 0. The normalized spacial score (nSPS) is 11.3. The quantitative estimate of drug-likeness (QED) is 0.602. The van der Waals surface area contributed by atoms with Crippen LogP contribution in [0.1, 0.15) is 0 Å². The summed E-state index contributed by atoms with van der Waals surface area (Å²) in [6, 6.07) is 9.02. The van der Waals surface area contributed by atoms with Crippen molar-refractivity contribution in [2.45, 2.75) is 0 Å². The molecule has 0 spiro atoms. The van der Waals surface area contributed by atoms with Gasteiger partial charge in [0, 0.05) is 5.02 Å². The van der Waals surface area contributed by atoms with Crippen molar-refractivity contribution < 1.29 is 0 Å². The number of hydrogen-bond donors (Lipinski definition) is 0. The number of fused-ring (bicyclic) bond motifs is 3. The minimum Gasteiger partial charge on any atom is -0.227 e. The SMILES string of the molecule is Clc1ccc2c(c1)nc1ccc(Cl)nn12. The van der Waals surface area contributed by atoms with E-state index >= 15 is 0 Å². The molecule has 0 saturated carbocycles. The molecule has 0 saturated heterocycles. The van der Waals surface area contributed by atoms with Gasteiger partial charge in [-0.05, 0) is 30.3 Å². The molecule has 0 N–H and O–H groups in total. The summed E-state index contributed by atoms with van der Waals surface area (Å²) in [5, 5.41) is 5.28. The predicted octanol–water partition coefficient (Wildman–Crippen LogP) is 3.19. The molecular weight excluding hydrogens is 233 g/mol. The van der Waals surface area contributed by atoms with E-state index in [1.165, 1.54) is 0 Å². The summed E-state index contributed by atoms with van der Waals surface area (Å²) in [6.07, 6.45) is 0. The third kappa shape index (κ3) is 1.35. The second kappa shape index (κ2) is 3.08. The summed E-state index contributed by atoms with van der Waals surface area (Å²) in [4.78, 5) is 4.37. The van der Waals surface area contributed by atoms with Crippen LogP contribution < -0.4 is 0 Å². The number of aromatic nitrogens is 3. The van der Waals surface area contributed by atoms with Crippen LogP contribution >= 0.6 is 23.2 Å². The van der Waals surface area contributed by atoms with Crippen molar-refractivity contribution in [3.05, 3.63) is 40.5 Å². The maximum Gasteiger partial charge on any atom is 0.155 e. The first-order chi connectivity index (χ1) is 7.24. The molecule has 0 atom stereocenters. The first-order valence-corrected chi connectivity index (χ1v) is 5.10. The molecular formula is C10H5Cl2N3. The lowest BCUT2D eigenvalue weighted by Crippen LogP contribution is -1.90. The molecule has 0 amide bonds. The number of halogens is 2. The first-order valence-electron chi connectivity index (χ1n) is 4.34. The van der Waals surface area contributed by atoms with E-state index in [0.717, 1.165) is 16.7 Å². The smallest absolute Gasteiger partial charge is 0.155 e. The maximum atomic E-state index is 5.88. The number of imidazole rings is 1. The zero-order chi connectivity index (χ0) is 10.4. The summed E-state index contributed by atoms with van der Waals surface area (Å²) in [5.41, 5.74) is 2.48. The molecule has 0 fully saturated rings. The number of rotatable bonds is 0. The second-order valence-electron chi connectivity index (χ2n) is 3.17. The van der Waals surface area contributed by atoms with E-state index in [2.05, 4.69) is 10.1 Å². The van der Waals surface area contributed by atoms with Crippen LogP contribution in [-0.2, 0) is 0 Å². The van der Waals surface area contributed by atoms with E-state index in [-0.39, 0.29) is 0 Å². The Balaban J connectivity index is 2.53. The van der Waals surface area contributed by atoms with Gasteiger partial charge in [0.1, 0.15) is 5.15 Å². The Morgan fingerprint density at radius 3 is 2.80 bits per heavy atom. The Morgan fingerprint density at radius 1 is 1.07 bits per heavy atom. The lowest BCUT2D eigenvalue weighted by molar-refractivity contribution is 0.966. The van der Waals surface area contributed by atoms with Gasteiger partial charge in [0.25, 0.3) is 0 Å². The lowest BCUT2D eigenvalue weighted by Gasteiger charge is -1.94. The fourth-order valence-corrected chi connectivity index (χ4v) is 1.85. The average molecular weight is 238 g/mol. The van der Waals surface area contributed by atoms with E-state index in [1.807, 2.05) is 12.1 Å². The van der Waals surface area contributed by atoms with Crippen molar-refractivity contribution in [1.82, 2.24) is 14.6 Å². The molecule has 3 nitrogen and oxygen atoms in total. The second-order valence-corrected chi connectivity index (χ2v) is 3.99. The van der Waals surface area contributed by atoms with Gasteiger partial charge in [-0.1, -0.05) is 23.2 Å². The highest BCUT2D eigenvalue weighted by Gasteiger charge is 2.05. The molecule has 3 aromatic rings. The summed E-state index contributed by atoms with van der Waals surface area (Å²) in [7, 11) is 0. The van der Waals surface area contributed by atoms with E-state index in [4.69, 9.17) is 23.2 Å². The predicted molar refractivity (Wildman–Crippen MR) is 60.5 cm³/mol. The van der Waals surface area contributed by atoms with Gasteiger partial charge in [0.2, 0.25) is 0 Å². The van der Waals surface area contributed by atoms with Crippen molar-refractivity contribution in [2.24, 2.45) is 0 Å². The minimum atomic E-state index is 0.441. The number of nitrogens with zero attached hydrogens (tertiary/aromatic N) is 3. The van der Waals surface area contributed by atoms with Crippen LogP contribution in [-0.4, -0.2) is 14.6 Å². The minimum absolute atomic E-state index is 0.441. The van der Waals surface area contributed by atoms with Gasteiger partial charge in [-0.25, -0.2) is 9.50 Å². The largest absolute Gasteiger partial charge is 0.227 e.